The molecule has 1 saturated heterocycles. The lowest BCUT2D eigenvalue weighted by molar-refractivity contribution is -0.149. The molecule has 2 fully saturated rings. The van der Waals surface area contributed by atoms with Crippen LogP contribution in [0.15, 0.2) is 35.1 Å². The number of anilines is 1. The van der Waals surface area contributed by atoms with Gasteiger partial charge in [-0.3, -0.25) is 19.2 Å². The van der Waals surface area contributed by atoms with Gasteiger partial charge >= 0.3 is 0 Å². The predicted octanol–water partition coefficient (Wildman–Crippen LogP) is 6.17. The summed E-state index contributed by atoms with van der Waals surface area (Å²) in [7, 11) is 1.89. The monoisotopic (exact) mass is 538 g/mol. The maximum atomic E-state index is 13.6. The van der Waals surface area contributed by atoms with Crippen LogP contribution in [0.1, 0.15) is 81.6 Å². The van der Waals surface area contributed by atoms with E-state index < -0.39 is 5.92 Å². The molecule has 1 saturated carbocycles. The Labute approximate surface area is 229 Å². The lowest BCUT2D eigenvalue weighted by atomic mass is 9.86. The third-order valence-corrected chi connectivity index (χ3v) is 9.02. The molecule has 0 spiro atoms. The smallest absolute Gasteiger partial charge is 0.272 e. The molecule has 0 N–H and O–H groups in total. The van der Waals surface area contributed by atoms with Crippen LogP contribution in [-0.4, -0.2) is 63.9 Å². The first-order chi connectivity index (χ1) is 18.5. The number of rotatable bonds is 8. The number of allylic oxidation sites excluding steroid dienone is 4. The summed E-state index contributed by atoms with van der Waals surface area (Å²) in [6, 6.07) is 2.46. The van der Waals surface area contributed by atoms with E-state index in [1.807, 2.05) is 55.7 Å². The van der Waals surface area contributed by atoms with E-state index in [1.165, 1.54) is 0 Å². The third kappa shape index (κ3) is 5.32. The van der Waals surface area contributed by atoms with Gasteiger partial charge in [-0.2, -0.15) is 5.10 Å². The number of alkyl halides is 2. The second-order valence-corrected chi connectivity index (χ2v) is 11.8. The molecule has 1 aromatic heterocycles. The van der Waals surface area contributed by atoms with Crippen LogP contribution in [0.25, 0.3) is 10.9 Å². The standard InChI is InChI=1S/C31H40F2N4O2/c1-6-37(23-9-7-22(8-10-23)36-17-31(32,33)18-36)30-21(4)25(15-27-26(30)16-34-35(27)5)28(38)12-11-24-20(3)13-19(2)14-29(24)39/h13,15-16,22-23H,6-12,14,17-18H2,1-5H3. The highest BCUT2D eigenvalue weighted by Gasteiger charge is 2.47. The maximum Gasteiger partial charge on any atom is 0.272 e. The zero-order chi connectivity index (χ0) is 28.1. The van der Waals surface area contributed by atoms with Gasteiger partial charge in [0.25, 0.3) is 5.92 Å². The Hall–Kier alpha value is -2.87. The highest BCUT2D eigenvalue weighted by atomic mass is 19.3. The fourth-order valence-corrected chi connectivity index (χ4v) is 6.97. The van der Waals surface area contributed by atoms with Crippen LogP contribution in [0.4, 0.5) is 14.5 Å². The summed E-state index contributed by atoms with van der Waals surface area (Å²) in [4.78, 5) is 30.6. The van der Waals surface area contributed by atoms with Crippen LogP contribution < -0.4 is 4.90 Å². The molecule has 5 rings (SSSR count). The van der Waals surface area contributed by atoms with Crippen molar-refractivity contribution < 1.29 is 18.4 Å². The number of hydrogen-bond acceptors (Lipinski definition) is 5. The molecule has 0 radical (unpaired) electrons. The van der Waals surface area contributed by atoms with Crippen LogP contribution in [0.3, 0.4) is 0 Å². The van der Waals surface area contributed by atoms with Crippen molar-refractivity contribution in [2.75, 3.05) is 24.5 Å². The minimum atomic E-state index is -2.53. The number of aryl methyl sites for hydroxylation is 1. The molecule has 210 valence electrons. The summed E-state index contributed by atoms with van der Waals surface area (Å²) in [6.07, 6.45) is 8.77. The van der Waals surface area contributed by atoms with E-state index in [-0.39, 0.29) is 43.2 Å². The SMILES string of the molecule is CCN(c1c(C)c(C(=O)CCC2=C(C)C=C(C)CC2=O)cc2c1cnn2C)C1CCC(N2CC(F)(F)C2)CC1. The van der Waals surface area contributed by atoms with E-state index in [9.17, 15) is 18.4 Å². The van der Waals surface area contributed by atoms with Crippen LogP contribution in [-0.2, 0) is 11.8 Å². The number of ketones is 2. The topological polar surface area (TPSA) is 58.4 Å². The van der Waals surface area contributed by atoms with Crippen molar-refractivity contribution in [3.8, 4) is 0 Å². The first-order valence-corrected chi connectivity index (χ1v) is 14.3. The largest absolute Gasteiger partial charge is 0.368 e. The fourth-order valence-electron chi connectivity index (χ4n) is 6.97. The number of halogens is 2. The molecule has 8 heteroatoms. The van der Waals surface area contributed by atoms with E-state index in [1.54, 1.807) is 0 Å². The fraction of sp³-hybridized carbons (Fsp3) is 0.581. The molecule has 2 aliphatic carbocycles. The van der Waals surface area contributed by atoms with E-state index in [0.29, 0.717) is 18.4 Å². The van der Waals surface area contributed by atoms with Crippen molar-refractivity contribution in [1.29, 1.82) is 0 Å². The van der Waals surface area contributed by atoms with Crippen LogP contribution in [0, 0.1) is 6.92 Å². The zero-order valence-corrected chi connectivity index (χ0v) is 23.8. The number of carbonyl (C=O) groups is 2. The Morgan fingerprint density at radius 2 is 1.85 bits per heavy atom. The van der Waals surface area contributed by atoms with Crippen molar-refractivity contribution in [2.45, 2.75) is 90.6 Å². The molecule has 39 heavy (non-hydrogen) atoms. The Kier molecular flexibility index (Phi) is 7.53. The third-order valence-electron chi connectivity index (χ3n) is 9.02. The lowest BCUT2D eigenvalue weighted by Gasteiger charge is -2.47. The average Bonchev–Trinajstić information content (AvgIpc) is 3.23. The van der Waals surface area contributed by atoms with Gasteiger partial charge in [-0.1, -0.05) is 11.6 Å². The highest BCUT2D eigenvalue weighted by molar-refractivity contribution is 6.07. The van der Waals surface area contributed by atoms with Gasteiger partial charge in [0, 0.05) is 49.5 Å². The molecule has 0 unspecified atom stereocenters. The summed E-state index contributed by atoms with van der Waals surface area (Å²) in [5.74, 6) is -2.37. The average molecular weight is 539 g/mol. The predicted molar refractivity (Wildman–Crippen MR) is 151 cm³/mol. The van der Waals surface area contributed by atoms with Crippen molar-refractivity contribution in [2.24, 2.45) is 7.05 Å². The molecule has 3 aliphatic rings. The van der Waals surface area contributed by atoms with Gasteiger partial charge in [0.1, 0.15) is 0 Å². The Morgan fingerprint density at radius 3 is 2.46 bits per heavy atom. The van der Waals surface area contributed by atoms with Gasteiger partial charge < -0.3 is 4.90 Å². The number of Topliss-reactive ketones (excluding diaryl/α,β-unsaturated/α-hetero) is 2. The molecular formula is C31H40F2N4O2. The van der Waals surface area contributed by atoms with E-state index >= 15 is 0 Å². The van der Waals surface area contributed by atoms with Gasteiger partial charge in [0.2, 0.25) is 0 Å². The summed E-state index contributed by atoms with van der Waals surface area (Å²) < 4.78 is 28.7. The number of hydrogen-bond donors (Lipinski definition) is 0. The second kappa shape index (κ2) is 10.6. The summed E-state index contributed by atoms with van der Waals surface area (Å²) in [5.41, 5.74) is 6.38. The first-order valence-electron chi connectivity index (χ1n) is 14.3. The number of likely N-dealkylation sites (tertiary alicyclic amines) is 1. The van der Waals surface area contributed by atoms with Crippen molar-refractivity contribution in [3.05, 3.63) is 46.2 Å². The quantitative estimate of drug-likeness (QED) is 0.376. The number of nitrogens with zero attached hydrogens (tertiary/aromatic N) is 4. The van der Waals surface area contributed by atoms with Gasteiger partial charge in [0.15, 0.2) is 11.6 Å². The normalized spacial score (nSPS) is 23.7. The maximum absolute atomic E-state index is 13.6. The zero-order valence-electron chi connectivity index (χ0n) is 23.8. The van der Waals surface area contributed by atoms with Crippen molar-refractivity contribution in [1.82, 2.24) is 14.7 Å². The molecular weight excluding hydrogens is 498 g/mol. The lowest BCUT2D eigenvalue weighted by Crippen LogP contribution is -2.61. The number of fused-ring (bicyclic) bond motifs is 1. The molecule has 1 aromatic carbocycles. The van der Waals surface area contributed by atoms with Crippen molar-refractivity contribution in [3.63, 3.8) is 0 Å². The Balaban J connectivity index is 1.39. The number of benzene rings is 1. The summed E-state index contributed by atoms with van der Waals surface area (Å²) >= 11 is 0. The minimum absolute atomic E-state index is 0.0368. The van der Waals surface area contributed by atoms with E-state index in [0.717, 1.165) is 71.1 Å². The van der Waals surface area contributed by atoms with Gasteiger partial charge in [-0.15, -0.1) is 0 Å². The van der Waals surface area contributed by atoms with E-state index in [2.05, 4.69) is 16.9 Å². The Morgan fingerprint density at radius 1 is 1.15 bits per heavy atom. The molecule has 0 bridgehead atoms. The van der Waals surface area contributed by atoms with Crippen molar-refractivity contribution >= 4 is 28.2 Å². The molecule has 2 aromatic rings. The van der Waals surface area contributed by atoms with Crippen LogP contribution in [0.5, 0.6) is 0 Å². The van der Waals surface area contributed by atoms with E-state index in [4.69, 9.17) is 0 Å². The minimum Gasteiger partial charge on any atom is -0.368 e. The molecule has 6 nitrogen and oxygen atoms in total. The first kappa shape index (κ1) is 27.7. The van der Waals surface area contributed by atoms with Gasteiger partial charge in [-0.05, 0) is 82.6 Å². The highest BCUT2D eigenvalue weighted by Crippen LogP contribution is 2.40. The number of aromatic nitrogens is 2. The molecule has 2 heterocycles. The summed E-state index contributed by atoms with van der Waals surface area (Å²) in [5, 5.41) is 5.54. The molecule has 0 atom stereocenters. The molecule has 0 amide bonds. The van der Waals surface area contributed by atoms with Crippen LogP contribution in [0.2, 0.25) is 0 Å². The second-order valence-electron chi connectivity index (χ2n) is 11.8. The van der Waals surface area contributed by atoms with Gasteiger partial charge in [0.05, 0.1) is 30.5 Å². The molecule has 1 aliphatic heterocycles. The Bertz CT molecular complexity index is 1360. The summed E-state index contributed by atoms with van der Waals surface area (Å²) in [6.45, 7) is 8.63. The van der Waals surface area contributed by atoms with Crippen LogP contribution >= 0.6 is 0 Å². The van der Waals surface area contributed by atoms with Gasteiger partial charge in [-0.25, -0.2) is 8.78 Å². The number of carbonyl (C=O) groups excluding carboxylic acids is 2.